The lowest BCUT2D eigenvalue weighted by Crippen LogP contribution is -2.21. The summed E-state index contributed by atoms with van der Waals surface area (Å²) in [7, 11) is 1.83. The van der Waals surface area contributed by atoms with E-state index in [9.17, 15) is 4.79 Å². The molecule has 106 valence electrons. The summed E-state index contributed by atoms with van der Waals surface area (Å²) in [6.45, 7) is 6.08. The highest BCUT2D eigenvalue weighted by Gasteiger charge is 2.13. The minimum absolute atomic E-state index is 0.0708. The molecule has 0 spiro atoms. The molecular weight excluding hydrogens is 258 g/mol. The van der Waals surface area contributed by atoms with Crippen LogP contribution in [0.15, 0.2) is 47.3 Å². The number of rotatable bonds is 1. The Morgan fingerprint density at radius 1 is 0.857 bits per heavy atom. The molecule has 21 heavy (non-hydrogen) atoms. The molecule has 2 nitrogen and oxygen atoms in total. The van der Waals surface area contributed by atoms with Crippen LogP contribution in [0.5, 0.6) is 0 Å². The van der Waals surface area contributed by atoms with Gasteiger partial charge in [0.15, 0.2) is 0 Å². The number of nitrogens with zero attached hydrogens (tertiary/aromatic N) is 1. The van der Waals surface area contributed by atoms with E-state index in [1.54, 1.807) is 4.57 Å². The summed E-state index contributed by atoms with van der Waals surface area (Å²) in [5.74, 6) is 0. The number of fused-ring (bicyclic) bond motifs is 1. The third-order valence-electron chi connectivity index (χ3n) is 4.28. The van der Waals surface area contributed by atoms with Gasteiger partial charge in [-0.2, -0.15) is 0 Å². The first kappa shape index (κ1) is 13.6. The average Bonchev–Trinajstić information content (AvgIpc) is 2.47. The van der Waals surface area contributed by atoms with Crippen LogP contribution in [-0.2, 0) is 7.05 Å². The minimum atomic E-state index is 0.0708. The van der Waals surface area contributed by atoms with Gasteiger partial charge in [-0.25, -0.2) is 0 Å². The van der Waals surface area contributed by atoms with Crippen molar-refractivity contribution in [2.45, 2.75) is 20.8 Å². The number of hydrogen-bond acceptors (Lipinski definition) is 1. The lowest BCUT2D eigenvalue weighted by Gasteiger charge is -2.14. The Balaban J connectivity index is 2.45. The lowest BCUT2D eigenvalue weighted by atomic mass is 9.94. The molecule has 0 saturated heterocycles. The van der Waals surface area contributed by atoms with Crippen molar-refractivity contribution in [3.8, 4) is 11.1 Å². The topological polar surface area (TPSA) is 22.0 Å². The van der Waals surface area contributed by atoms with E-state index in [0.717, 1.165) is 27.8 Å². The molecule has 0 saturated carbocycles. The van der Waals surface area contributed by atoms with Crippen LogP contribution in [0.3, 0.4) is 0 Å². The fourth-order valence-corrected chi connectivity index (χ4v) is 2.97. The number of aryl methyl sites for hydroxylation is 3. The van der Waals surface area contributed by atoms with Crippen LogP contribution in [0.25, 0.3) is 21.9 Å². The molecule has 3 rings (SSSR count). The SMILES string of the molecule is Cc1cc(C)n(C)c(=O)c1-c1ccc(C)c2ccccc12. The predicted octanol–water partition coefficient (Wildman–Crippen LogP) is 4.13. The molecule has 0 aliphatic carbocycles. The van der Waals surface area contributed by atoms with Gasteiger partial charge < -0.3 is 4.57 Å². The quantitative estimate of drug-likeness (QED) is 0.655. The monoisotopic (exact) mass is 277 g/mol. The summed E-state index contributed by atoms with van der Waals surface area (Å²) in [6, 6.07) is 14.5. The largest absolute Gasteiger partial charge is 0.315 e. The van der Waals surface area contributed by atoms with E-state index in [-0.39, 0.29) is 5.56 Å². The van der Waals surface area contributed by atoms with E-state index in [1.807, 2.05) is 33.0 Å². The van der Waals surface area contributed by atoms with Gasteiger partial charge in [0.1, 0.15) is 0 Å². The molecule has 3 aromatic rings. The van der Waals surface area contributed by atoms with Gasteiger partial charge in [-0.1, -0.05) is 36.4 Å². The minimum Gasteiger partial charge on any atom is -0.315 e. The maximum absolute atomic E-state index is 12.7. The van der Waals surface area contributed by atoms with E-state index >= 15 is 0 Å². The third kappa shape index (κ3) is 2.07. The molecule has 0 amide bonds. The Kier molecular flexibility index (Phi) is 3.17. The summed E-state index contributed by atoms with van der Waals surface area (Å²) < 4.78 is 1.72. The highest BCUT2D eigenvalue weighted by molar-refractivity contribution is 5.98. The van der Waals surface area contributed by atoms with E-state index in [2.05, 4.69) is 37.3 Å². The van der Waals surface area contributed by atoms with Gasteiger partial charge in [-0.3, -0.25) is 4.79 Å². The number of aromatic nitrogens is 1. The zero-order chi connectivity index (χ0) is 15.1. The van der Waals surface area contributed by atoms with Crippen LogP contribution < -0.4 is 5.56 Å². The third-order valence-corrected chi connectivity index (χ3v) is 4.28. The molecule has 0 aliphatic rings. The van der Waals surface area contributed by atoms with Gasteiger partial charge in [0.2, 0.25) is 0 Å². The molecule has 2 aromatic carbocycles. The van der Waals surface area contributed by atoms with Crippen molar-refractivity contribution in [3.63, 3.8) is 0 Å². The second-order valence-corrected chi connectivity index (χ2v) is 5.68. The summed E-state index contributed by atoms with van der Waals surface area (Å²) in [6.07, 6.45) is 0. The maximum Gasteiger partial charge on any atom is 0.258 e. The number of hydrogen-bond donors (Lipinski definition) is 0. The first-order valence-corrected chi connectivity index (χ1v) is 7.16. The van der Waals surface area contributed by atoms with Crippen molar-refractivity contribution in [3.05, 3.63) is 69.6 Å². The first-order chi connectivity index (χ1) is 10.0. The summed E-state index contributed by atoms with van der Waals surface area (Å²) >= 11 is 0. The van der Waals surface area contributed by atoms with E-state index in [0.29, 0.717) is 0 Å². The Morgan fingerprint density at radius 2 is 1.52 bits per heavy atom. The molecule has 0 N–H and O–H groups in total. The van der Waals surface area contributed by atoms with Crippen molar-refractivity contribution in [1.82, 2.24) is 4.57 Å². The van der Waals surface area contributed by atoms with Gasteiger partial charge in [0.05, 0.1) is 5.56 Å². The maximum atomic E-state index is 12.7. The molecule has 0 radical (unpaired) electrons. The fraction of sp³-hybridized carbons (Fsp3) is 0.211. The standard InChI is InChI=1S/C19H19NO/c1-12-9-10-17(16-8-6-5-7-15(12)16)18-13(2)11-14(3)20(4)19(18)21/h5-11H,1-4H3. The second kappa shape index (κ2) is 4.88. The van der Waals surface area contributed by atoms with Crippen LogP contribution in [0.2, 0.25) is 0 Å². The number of benzene rings is 2. The lowest BCUT2D eigenvalue weighted by molar-refractivity contribution is 0.817. The van der Waals surface area contributed by atoms with Crippen LogP contribution in [-0.4, -0.2) is 4.57 Å². The predicted molar refractivity (Wildman–Crippen MR) is 88.8 cm³/mol. The highest BCUT2D eigenvalue weighted by Crippen LogP contribution is 2.30. The van der Waals surface area contributed by atoms with E-state index in [4.69, 9.17) is 0 Å². The van der Waals surface area contributed by atoms with Crippen molar-refractivity contribution in [2.75, 3.05) is 0 Å². The number of pyridine rings is 1. The molecule has 0 aliphatic heterocycles. The Morgan fingerprint density at radius 3 is 2.24 bits per heavy atom. The molecule has 1 heterocycles. The zero-order valence-corrected chi connectivity index (χ0v) is 12.9. The highest BCUT2D eigenvalue weighted by atomic mass is 16.1. The van der Waals surface area contributed by atoms with Crippen molar-refractivity contribution < 1.29 is 0 Å². The van der Waals surface area contributed by atoms with E-state index in [1.165, 1.54) is 10.9 Å². The molecular formula is C19H19NO. The van der Waals surface area contributed by atoms with Crippen molar-refractivity contribution >= 4 is 10.8 Å². The normalized spacial score (nSPS) is 11.0. The Hall–Kier alpha value is -2.35. The van der Waals surface area contributed by atoms with Crippen LogP contribution in [0, 0.1) is 20.8 Å². The average molecular weight is 277 g/mol. The van der Waals surface area contributed by atoms with Crippen LogP contribution >= 0.6 is 0 Å². The Labute approximate surface area is 124 Å². The first-order valence-electron chi connectivity index (χ1n) is 7.16. The molecule has 2 heteroatoms. The summed E-state index contributed by atoms with van der Waals surface area (Å²) in [5.41, 5.74) is 5.15. The molecule has 0 bridgehead atoms. The molecule has 0 atom stereocenters. The smallest absolute Gasteiger partial charge is 0.258 e. The van der Waals surface area contributed by atoms with Crippen molar-refractivity contribution in [1.29, 1.82) is 0 Å². The van der Waals surface area contributed by atoms with Crippen molar-refractivity contribution in [2.24, 2.45) is 7.05 Å². The van der Waals surface area contributed by atoms with Crippen LogP contribution in [0.4, 0.5) is 0 Å². The molecule has 0 unspecified atom stereocenters. The van der Waals surface area contributed by atoms with Gasteiger partial charge in [0.25, 0.3) is 5.56 Å². The van der Waals surface area contributed by atoms with Gasteiger partial charge in [-0.15, -0.1) is 0 Å². The van der Waals surface area contributed by atoms with Gasteiger partial charge >= 0.3 is 0 Å². The summed E-state index contributed by atoms with van der Waals surface area (Å²) in [4.78, 5) is 12.7. The van der Waals surface area contributed by atoms with Crippen LogP contribution in [0.1, 0.15) is 16.8 Å². The van der Waals surface area contributed by atoms with Gasteiger partial charge in [-0.05, 0) is 54.3 Å². The summed E-state index contributed by atoms with van der Waals surface area (Å²) in [5, 5.41) is 2.35. The Bertz CT molecular complexity index is 903. The second-order valence-electron chi connectivity index (χ2n) is 5.68. The molecule has 1 aromatic heterocycles. The van der Waals surface area contributed by atoms with E-state index < -0.39 is 0 Å². The molecule has 0 fully saturated rings. The van der Waals surface area contributed by atoms with Gasteiger partial charge in [0, 0.05) is 12.7 Å². The zero-order valence-electron chi connectivity index (χ0n) is 12.9. The fourth-order valence-electron chi connectivity index (χ4n) is 2.97.